The highest BCUT2D eigenvalue weighted by Gasteiger charge is 2.35. The average molecular weight is 435 g/mol. The van der Waals surface area contributed by atoms with Gasteiger partial charge in [0.15, 0.2) is 0 Å². The molecule has 0 saturated heterocycles. The van der Waals surface area contributed by atoms with Gasteiger partial charge in [0.25, 0.3) is 0 Å². The van der Waals surface area contributed by atoms with Gasteiger partial charge in [-0.2, -0.15) is 0 Å². The number of aromatic amines is 1. The van der Waals surface area contributed by atoms with Crippen LogP contribution in [0.1, 0.15) is 28.4 Å². The highest BCUT2D eigenvalue weighted by Crippen LogP contribution is 2.39. The zero-order chi connectivity index (χ0) is 21.5. The molecule has 156 valence electrons. The number of nitrogens with zero attached hydrogens (tertiary/aromatic N) is 1. The van der Waals surface area contributed by atoms with Crippen LogP contribution in [0.15, 0.2) is 66.7 Å². The molecule has 0 spiro atoms. The number of aryl methyl sites for hydroxylation is 1. The molecule has 2 heterocycles. The SMILES string of the molecule is Cc1ccc(C2c3[nH]c4cc(F)ccc4c3CCN2C(=O)Oc2ccc(Cl)cc2)cc1. The largest absolute Gasteiger partial charge is 0.416 e. The minimum absolute atomic E-state index is 0.294. The molecule has 5 rings (SSSR count). The fraction of sp³-hybridized carbons (Fsp3) is 0.160. The highest BCUT2D eigenvalue weighted by atomic mass is 35.5. The van der Waals surface area contributed by atoms with E-state index in [9.17, 15) is 9.18 Å². The van der Waals surface area contributed by atoms with Gasteiger partial charge in [-0.3, -0.25) is 4.90 Å². The van der Waals surface area contributed by atoms with E-state index in [4.69, 9.17) is 16.3 Å². The molecule has 0 saturated carbocycles. The third-order valence-electron chi connectivity index (χ3n) is 5.74. The van der Waals surface area contributed by atoms with Crippen molar-refractivity contribution in [3.63, 3.8) is 0 Å². The second-order valence-electron chi connectivity index (χ2n) is 7.79. The van der Waals surface area contributed by atoms with Crippen LogP contribution < -0.4 is 4.74 Å². The van der Waals surface area contributed by atoms with E-state index in [2.05, 4.69) is 4.98 Å². The summed E-state index contributed by atoms with van der Waals surface area (Å²) >= 11 is 5.94. The molecule has 1 unspecified atom stereocenters. The third kappa shape index (κ3) is 3.66. The maximum Gasteiger partial charge on any atom is 0.416 e. The lowest BCUT2D eigenvalue weighted by atomic mass is 9.92. The summed E-state index contributed by atoms with van der Waals surface area (Å²) in [5.41, 5.74) is 4.83. The molecular weight excluding hydrogens is 415 g/mol. The van der Waals surface area contributed by atoms with Crippen LogP contribution in [0.2, 0.25) is 5.02 Å². The first-order chi connectivity index (χ1) is 15.0. The number of hydrogen-bond donors (Lipinski definition) is 1. The number of fused-ring (bicyclic) bond motifs is 3. The number of rotatable bonds is 2. The van der Waals surface area contributed by atoms with E-state index in [1.54, 1.807) is 35.2 Å². The summed E-state index contributed by atoms with van der Waals surface area (Å²) < 4.78 is 19.5. The van der Waals surface area contributed by atoms with Crippen molar-refractivity contribution in [1.29, 1.82) is 0 Å². The maximum atomic E-state index is 13.8. The number of halogens is 2. The monoisotopic (exact) mass is 434 g/mol. The number of aromatic nitrogens is 1. The predicted molar refractivity (Wildman–Crippen MR) is 119 cm³/mol. The second-order valence-corrected chi connectivity index (χ2v) is 8.22. The molecule has 1 aliphatic heterocycles. The molecule has 1 N–H and O–H groups in total. The Morgan fingerprint density at radius 2 is 1.84 bits per heavy atom. The summed E-state index contributed by atoms with van der Waals surface area (Å²) in [5, 5.41) is 1.56. The average Bonchev–Trinajstić information content (AvgIpc) is 3.13. The number of carbonyl (C=O) groups excluding carboxylic acids is 1. The molecule has 0 fully saturated rings. The van der Waals surface area contributed by atoms with Crippen LogP contribution in [0, 0.1) is 12.7 Å². The molecule has 3 aromatic carbocycles. The van der Waals surface area contributed by atoms with Crippen molar-refractivity contribution in [2.24, 2.45) is 0 Å². The van der Waals surface area contributed by atoms with Gasteiger partial charge < -0.3 is 9.72 Å². The lowest BCUT2D eigenvalue weighted by Gasteiger charge is -2.35. The Kier molecular flexibility index (Phi) is 4.91. The number of hydrogen-bond acceptors (Lipinski definition) is 2. The van der Waals surface area contributed by atoms with Gasteiger partial charge in [-0.1, -0.05) is 41.4 Å². The van der Waals surface area contributed by atoms with E-state index in [1.807, 2.05) is 31.2 Å². The van der Waals surface area contributed by atoms with Crippen LogP contribution in [0.25, 0.3) is 10.9 Å². The minimum atomic E-state index is -0.441. The predicted octanol–water partition coefficient (Wildman–Crippen LogP) is 6.42. The number of benzene rings is 3. The van der Waals surface area contributed by atoms with E-state index in [-0.39, 0.29) is 11.9 Å². The van der Waals surface area contributed by atoms with E-state index >= 15 is 0 Å². The number of amides is 1. The maximum absolute atomic E-state index is 13.8. The van der Waals surface area contributed by atoms with Gasteiger partial charge in [-0.05, 0) is 66.9 Å². The molecule has 1 atom stereocenters. The van der Waals surface area contributed by atoms with Gasteiger partial charge >= 0.3 is 6.09 Å². The van der Waals surface area contributed by atoms with Crippen LogP contribution in [0.4, 0.5) is 9.18 Å². The van der Waals surface area contributed by atoms with Gasteiger partial charge in [-0.25, -0.2) is 9.18 Å². The standard InChI is InChI=1S/C25H20ClFN2O2/c1-15-2-4-16(5-3-15)24-23-21(20-11-8-18(27)14-22(20)28-23)12-13-29(24)25(30)31-19-9-6-17(26)7-10-19/h2-11,14,24,28H,12-13H2,1H3. The summed E-state index contributed by atoms with van der Waals surface area (Å²) in [7, 11) is 0. The normalized spacial score (nSPS) is 15.7. The van der Waals surface area contributed by atoms with Gasteiger partial charge in [0.1, 0.15) is 17.6 Å². The lowest BCUT2D eigenvalue weighted by Crippen LogP contribution is -2.42. The van der Waals surface area contributed by atoms with Crippen LogP contribution in [-0.4, -0.2) is 22.5 Å². The first-order valence-electron chi connectivity index (χ1n) is 10.1. The molecule has 4 nitrogen and oxygen atoms in total. The van der Waals surface area contributed by atoms with Crippen LogP contribution >= 0.6 is 11.6 Å². The molecule has 1 aliphatic rings. The summed E-state index contributed by atoms with van der Waals surface area (Å²) in [6.07, 6.45) is 0.211. The van der Waals surface area contributed by atoms with Crippen molar-refractivity contribution in [3.8, 4) is 5.75 Å². The van der Waals surface area contributed by atoms with E-state index < -0.39 is 6.09 Å². The molecule has 6 heteroatoms. The topological polar surface area (TPSA) is 45.3 Å². The van der Waals surface area contributed by atoms with Crippen molar-refractivity contribution in [2.45, 2.75) is 19.4 Å². The van der Waals surface area contributed by atoms with Crippen molar-refractivity contribution >= 4 is 28.6 Å². The lowest BCUT2D eigenvalue weighted by molar-refractivity contribution is 0.135. The van der Waals surface area contributed by atoms with Crippen molar-refractivity contribution < 1.29 is 13.9 Å². The number of nitrogens with one attached hydrogen (secondary N) is 1. The molecule has 4 aromatic rings. The Bertz CT molecular complexity index is 1270. The van der Waals surface area contributed by atoms with Crippen LogP contribution in [-0.2, 0) is 6.42 Å². The van der Waals surface area contributed by atoms with E-state index in [0.717, 1.165) is 33.3 Å². The zero-order valence-corrected chi connectivity index (χ0v) is 17.6. The van der Waals surface area contributed by atoms with Crippen LogP contribution in [0.3, 0.4) is 0 Å². The Balaban J connectivity index is 1.57. The van der Waals surface area contributed by atoms with Crippen molar-refractivity contribution in [3.05, 3.63) is 100.0 Å². The summed E-state index contributed by atoms with van der Waals surface area (Å²) in [6.45, 7) is 2.51. The highest BCUT2D eigenvalue weighted by molar-refractivity contribution is 6.30. The van der Waals surface area contributed by atoms with E-state index in [0.29, 0.717) is 23.7 Å². The van der Waals surface area contributed by atoms with Gasteiger partial charge in [-0.15, -0.1) is 0 Å². The Hall–Kier alpha value is -3.31. The van der Waals surface area contributed by atoms with Crippen molar-refractivity contribution in [1.82, 2.24) is 9.88 Å². The van der Waals surface area contributed by atoms with Gasteiger partial charge in [0.05, 0.1) is 0 Å². The number of ether oxygens (including phenoxy) is 1. The molecular formula is C25H20ClFN2O2. The summed E-state index contributed by atoms with van der Waals surface area (Å²) in [4.78, 5) is 18.3. The molecule has 1 aromatic heterocycles. The fourth-order valence-electron chi connectivity index (χ4n) is 4.22. The Labute approximate surface area is 184 Å². The zero-order valence-electron chi connectivity index (χ0n) is 16.9. The van der Waals surface area contributed by atoms with Crippen LogP contribution in [0.5, 0.6) is 5.75 Å². The molecule has 31 heavy (non-hydrogen) atoms. The van der Waals surface area contributed by atoms with E-state index in [1.165, 1.54) is 12.1 Å². The Morgan fingerprint density at radius 3 is 2.58 bits per heavy atom. The van der Waals surface area contributed by atoms with Gasteiger partial charge in [0, 0.05) is 28.2 Å². The fourth-order valence-corrected chi connectivity index (χ4v) is 4.35. The third-order valence-corrected chi connectivity index (χ3v) is 5.99. The van der Waals surface area contributed by atoms with Crippen molar-refractivity contribution in [2.75, 3.05) is 6.54 Å². The molecule has 0 bridgehead atoms. The second kappa shape index (κ2) is 7.75. The Morgan fingerprint density at radius 1 is 1.10 bits per heavy atom. The quantitative estimate of drug-likeness (QED) is 0.396. The molecule has 0 aliphatic carbocycles. The minimum Gasteiger partial charge on any atom is -0.410 e. The molecule has 0 radical (unpaired) electrons. The first kappa shape index (κ1) is 19.6. The number of carbonyl (C=O) groups is 1. The first-order valence-corrected chi connectivity index (χ1v) is 10.5. The van der Waals surface area contributed by atoms with Gasteiger partial charge in [0.2, 0.25) is 0 Å². The molecule has 1 amide bonds. The number of H-pyrrole nitrogens is 1. The summed E-state index contributed by atoms with van der Waals surface area (Å²) in [5.74, 6) is 0.138. The smallest absolute Gasteiger partial charge is 0.410 e. The summed E-state index contributed by atoms with van der Waals surface area (Å²) in [6, 6.07) is 19.2.